The van der Waals surface area contributed by atoms with E-state index >= 15 is 0 Å². The van der Waals surface area contributed by atoms with Crippen molar-refractivity contribution in [2.24, 2.45) is 4.99 Å². The summed E-state index contributed by atoms with van der Waals surface area (Å²) in [5.74, 6) is 1.15. The minimum absolute atomic E-state index is 0.982. The van der Waals surface area contributed by atoms with E-state index in [0.29, 0.717) is 0 Å². The van der Waals surface area contributed by atoms with Gasteiger partial charge in [-0.2, -0.15) is 0 Å². The summed E-state index contributed by atoms with van der Waals surface area (Å²) in [7, 11) is 0. The highest BCUT2D eigenvalue weighted by molar-refractivity contribution is 5.95. The predicted octanol–water partition coefficient (Wildman–Crippen LogP) is 3.24. The van der Waals surface area contributed by atoms with Crippen LogP contribution in [0.1, 0.15) is 31.7 Å². The summed E-state index contributed by atoms with van der Waals surface area (Å²) in [6.07, 6.45) is 4.68. The molecule has 15 heavy (non-hydrogen) atoms. The first-order valence-electron chi connectivity index (χ1n) is 5.78. The van der Waals surface area contributed by atoms with Gasteiger partial charge in [0.25, 0.3) is 0 Å². The third kappa shape index (κ3) is 2.82. The minimum atomic E-state index is 0.982. The Morgan fingerprint density at radius 1 is 1.33 bits per heavy atom. The van der Waals surface area contributed by atoms with Crippen LogP contribution in [0.3, 0.4) is 0 Å². The summed E-state index contributed by atoms with van der Waals surface area (Å²) < 4.78 is 0. The maximum absolute atomic E-state index is 4.49. The van der Waals surface area contributed by atoms with Gasteiger partial charge in [-0.15, -0.1) is 0 Å². The van der Waals surface area contributed by atoms with Gasteiger partial charge in [0.05, 0.1) is 0 Å². The molecule has 1 heterocycles. The van der Waals surface area contributed by atoms with Crippen molar-refractivity contribution in [1.29, 1.82) is 0 Å². The normalized spacial score (nSPS) is 15.9. The quantitative estimate of drug-likeness (QED) is 0.782. The Balaban J connectivity index is 2.06. The maximum atomic E-state index is 4.49. The number of nitrogens with one attached hydrogen (secondary N) is 1. The van der Waals surface area contributed by atoms with E-state index in [-0.39, 0.29) is 0 Å². The second kappa shape index (κ2) is 4.96. The second-order valence-electron chi connectivity index (χ2n) is 3.96. The van der Waals surface area contributed by atoms with E-state index in [1.54, 1.807) is 0 Å². The van der Waals surface area contributed by atoms with Gasteiger partial charge in [-0.25, -0.2) is 0 Å². The van der Waals surface area contributed by atoms with Gasteiger partial charge in [-0.3, -0.25) is 4.99 Å². The van der Waals surface area contributed by atoms with Crippen molar-refractivity contribution in [2.45, 2.75) is 32.6 Å². The van der Waals surface area contributed by atoms with Crippen LogP contribution in [0, 0.1) is 0 Å². The Labute approximate surface area is 91.4 Å². The highest BCUT2D eigenvalue weighted by Gasteiger charge is 2.04. The van der Waals surface area contributed by atoms with Crippen LogP contribution in [0.15, 0.2) is 29.3 Å². The highest BCUT2D eigenvalue weighted by Crippen LogP contribution is 2.14. The fourth-order valence-electron chi connectivity index (χ4n) is 1.83. The van der Waals surface area contributed by atoms with E-state index in [0.717, 1.165) is 25.2 Å². The van der Waals surface area contributed by atoms with E-state index in [9.17, 15) is 0 Å². The molecule has 0 fully saturated rings. The molecule has 0 atom stereocenters. The van der Waals surface area contributed by atoms with Crippen molar-refractivity contribution in [2.75, 3.05) is 11.9 Å². The molecule has 2 rings (SSSR count). The van der Waals surface area contributed by atoms with Crippen LogP contribution in [0.4, 0.5) is 5.69 Å². The van der Waals surface area contributed by atoms with Crippen LogP contribution < -0.4 is 5.32 Å². The second-order valence-corrected chi connectivity index (χ2v) is 3.96. The first-order valence-corrected chi connectivity index (χ1v) is 5.78. The summed E-state index contributed by atoms with van der Waals surface area (Å²) in [5, 5.41) is 3.41. The Kier molecular flexibility index (Phi) is 3.38. The lowest BCUT2D eigenvalue weighted by molar-refractivity contribution is 0.737. The number of aryl methyl sites for hydroxylation is 1. The maximum Gasteiger partial charge on any atom is 0.101 e. The van der Waals surface area contributed by atoms with Gasteiger partial charge >= 0.3 is 0 Å². The number of rotatable bonds is 2. The van der Waals surface area contributed by atoms with Crippen molar-refractivity contribution in [3.8, 4) is 0 Å². The standard InChI is InChI=1S/C13H18N2/c1-2-11-6-5-7-12(10-11)15-13-8-3-4-9-14-13/h5-7,10H,2-4,8-9H2,1H3,(H,14,15). The third-order valence-corrected chi connectivity index (χ3v) is 2.75. The van der Waals surface area contributed by atoms with Crippen molar-refractivity contribution in [3.63, 3.8) is 0 Å². The molecule has 0 aliphatic carbocycles. The van der Waals surface area contributed by atoms with Crippen LogP contribution >= 0.6 is 0 Å². The fraction of sp³-hybridized carbons (Fsp3) is 0.462. The van der Waals surface area contributed by atoms with Gasteiger partial charge in [0.15, 0.2) is 0 Å². The van der Waals surface area contributed by atoms with Gasteiger partial charge in [-0.1, -0.05) is 19.1 Å². The Morgan fingerprint density at radius 2 is 2.27 bits per heavy atom. The molecule has 0 spiro atoms. The smallest absolute Gasteiger partial charge is 0.101 e. The van der Waals surface area contributed by atoms with Crippen LogP contribution in [0.5, 0.6) is 0 Å². The van der Waals surface area contributed by atoms with E-state index in [1.807, 2.05) is 0 Å². The summed E-state index contributed by atoms with van der Waals surface area (Å²) in [4.78, 5) is 4.49. The fourth-order valence-corrected chi connectivity index (χ4v) is 1.83. The number of aliphatic imine (C=N–C) groups is 1. The molecular formula is C13H18N2. The number of amidine groups is 1. The molecule has 2 heteroatoms. The molecule has 2 nitrogen and oxygen atoms in total. The molecular weight excluding hydrogens is 184 g/mol. The summed E-state index contributed by atoms with van der Waals surface area (Å²) in [6.45, 7) is 3.16. The molecule has 80 valence electrons. The van der Waals surface area contributed by atoms with Crippen molar-refractivity contribution >= 4 is 11.5 Å². The summed E-state index contributed by atoms with van der Waals surface area (Å²) >= 11 is 0. The lowest BCUT2D eigenvalue weighted by atomic mass is 10.1. The first-order chi connectivity index (χ1) is 7.38. The largest absolute Gasteiger partial charge is 0.344 e. The van der Waals surface area contributed by atoms with Crippen LogP contribution in [0.25, 0.3) is 0 Å². The Bertz CT molecular complexity index is 355. The number of anilines is 1. The van der Waals surface area contributed by atoms with Crippen LogP contribution in [-0.2, 0) is 6.42 Å². The van der Waals surface area contributed by atoms with Crippen molar-refractivity contribution in [1.82, 2.24) is 0 Å². The molecule has 0 amide bonds. The van der Waals surface area contributed by atoms with Crippen molar-refractivity contribution < 1.29 is 0 Å². The topological polar surface area (TPSA) is 24.4 Å². The molecule has 1 aromatic rings. The highest BCUT2D eigenvalue weighted by atomic mass is 15.0. The van der Waals surface area contributed by atoms with Gasteiger partial charge in [0.1, 0.15) is 5.84 Å². The lowest BCUT2D eigenvalue weighted by Gasteiger charge is -2.14. The molecule has 1 aromatic carbocycles. The molecule has 0 saturated carbocycles. The molecule has 0 radical (unpaired) electrons. The zero-order valence-electron chi connectivity index (χ0n) is 9.29. The number of nitrogens with zero attached hydrogens (tertiary/aromatic N) is 1. The first kappa shape index (κ1) is 10.2. The summed E-state index contributed by atoms with van der Waals surface area (Å²) in [5.41, 5.74) is 2.55. The average Bonchev–Trinajstić information content (AvgIpc) is 2.31. The van der Waals surface area contributed by atoms with E-state index in [1.165, 1.54) is 24.1 Å². The molecule has 1 N–H and O–H groups in total. The number of hydrogen-bond donors (Lipinski definition) is 1. The molecule has 0 aromatic heterocycles. The Hall–Kier alpha value is -1.31. The zero-order valence-corrected chi connectivity index (χ0v) is 9.29. The van der Waals surface area contributed by atoms with E-state index in [2.05, 4.69) is 41.5 Å². The number of hydrogen-bond acceptors (Lipinski definition) is 2. The van der Waals surface area contributed by atoms with Gasteiger partial charge in [0, 0.05) is 18.7 Å². The molecule has 1 aliphatic heterocycles. The third-order valence-electron chi connectivity index (χ3n) is 2.75. The molecule has 1 aliphatic rings. The van der Waals surface area contributed by atoms with Gasteiger partial charge in [0.2, 0.25) is 0 Å². The Morgan fingerprint density at radius 3 is 3.00 bits per heavy atom. The summed E-state index contributed by atoms with van der Waals surface area (Å²) in [6, 6.07) is 8.58. The van der Waals surface area contributed by atoms with Gasteiger partial charge in [-0.05, 0) is 37.0 Å². The van der Waals surface area contributed by atoms with Gasteiger partial charge < -0.3 is 5.32 Å². The van der Waals surface area contributed by atoms with Crippen molar-refractivity contribution in [3.05, 3.63) is 29.8 Å². The monoisotopic (exact) mass is 202 g/mol. The van der Waals surface area contributed by atoms with Crippen LogP contribution in [0.2, 0.25) is 0 Å². The average molecular weight is 202 g/mol. The molecule has 0 unspecified atom stereocenters. The predicted molar refractivity (Wildman–Crippen MR) is 65.6 cm³/mol. The number of benzene rings is 1. The molecule has 0 saturated heterocycles. The lowest BCUT2D eigenvalue weighted by Crippen LogP contribution is -2.16. The van der Waals surface area contributed by atoms with E-state index < -0.39 is 0 Å². The van der Waals surface area contributed by atoms with Crippen LogP contribution in [-0.4, -0.2) is 12.4 Å². The van der Waals surface area contributed by atoms with E-state index in [4.69, 9.17) is 0 Å². The minimum Gasteiger partial charge on any atom is -0.344 e. The zero-order chi connectivity index (χ0) is 10.5. The SMILES string of the molecule is CCc1cccc(NC2=NCCCC2)c1. The molecule has 0 bridgehead atoms.